The monoisotopic (exact) mass is 381 g/mol. The van der Waals surface area contributed by atoms with Crippen LogP contribution in [0.3, 0.4) is 0 Å². The largest absolute Gasteiger partial charge is 0.481 e. The molecule has 1 aliphatic heterocycles. The average molecular weight is 381 g/mol. The number of hydrogen-bond donors (Lipinski definition) is 2. The van der Waals surface area contributed by atoms with Crippen LogP contribution in [0.4, 0.5) is 0 Å². The molecule has 5 nitrogen and oxygen atoms in total. The topological polar surface area (TPSA) is 75.6 Å². The SMILES string of the molecule is O=C(O)CC1(NC(=O)c2csc(I)c2)CCOC1. The Kier molecular flexibility index (Phi) is 4.23. The van der Waals surface area contributed by atoms with E-state index in [4.69, 9.17) is 9.84 Å². The van der Waals surface area contributed by atoms with Gasteiger partial charge in [-0.1, -0.05) is 0 Å². The second-order valence-electron chi connectivity index (χ2n) is 4.25. The first kappa shape index (κ1) is 13.8. The third-order valence-electron chi connectivity index (χ3n) is 2.80. The first-order valence-electron chi connectivity index (χ1n) is 5.37. The van der Waals surface area contributed by atoms with Crippen molar-refractivity contribution in [2.24, 2.45) is 0 Å². The van der Waals surface area contributed by atoms with Gasteiger partial charge in [0.25, 0.3) is 5.91 Å². The van der Waals surface area contributed by atoms with E-state index in [1.165, 1.54) is 11.3 Å². The number of aliphatic carboxylic acids is 1. The molecule has 1 unspecified atom stereocenters. The quantitative estimate of drug-likeness (QED) is 0.779. The number of carboxylic acid groups (broad SMARTS) is 1. The molecule has 1 aromatic heterocycles. The molecule has 0 aromatic carbocycles. The number of nitrogens with one attached hydrogen (secondary N) is 1. The van der Waals surface area contributed by atoms with Crippen LogP contribution in [0, 0.1) is 2.88 Å². The van der Waals surface area contributed by atoms with Gasteiger partial charge in [0, 0.05) is 12.0 Å². The normalized spacial score (nSPS) is 22.9. The number of carbonyl (C=O) groups is 2. The van der Waals surface area contributed by atoms with Crippen molar-refractivity contribution in [2.75, 3.05) is 13.2 Å². The number of carbonyl (C=O) groups excluding carboxylic acids is 1. The van der Waals surface area contributed by atoms with E-state index in [1.807, 2.05) is 0 Å². The molecule has 18 heavy (non-hydrogen) atoms. The molecule has 1 aromatic rings. The van der Waals surface area contributed by atoms with E-state index < -0.39 is 11.5 Å². The molecule has 2 heterocycles. The van der Waals surface area contributed by atoms with E-state index in [1.54, 1.807) is 11.4 Å². The predicted octanol–water partition coefficient (Wildman–Crippen LogP) is 1.72. The van der Waals surface area contributed by atoms with Crippen LogP contribution >= 0.6 is 33.9 Å². The molecule has 0 radical (unpaired) electrons. The second kappa shape index (κ2) is 5.54. The maximum Gasteiger partial charge on any atom is 0.305 e. The lowest BCUT2D eigenvalue weighted by Crippen LogP contribution is -2.50. The summed E-state index contributed by atoms with van der Waals surface area (Å²) < 4.78 is 6.25. The maximum atomic E-state index is 12.0. The van der Waals surface area contributed by atoms with Gasteiger partial charge in [-0.2, -0.15) is 0 Å². The van der Waals surface area contributed by atoms with E-state index in [2.05, 4.69) is 27.9 Å². The summed E-state index contributed by atoms with van der Waals surface area (Å²) in [5, 5.41) is 13.5. The molecule has 98 valence electrons. The van der Waals surface area contributed by atoms with Crippen LogP contribution in [0.15, 0.2) is 11.4 Å². The maximum absolute atomic E-state index is 12.0. The summed E-state index contributed by atoms with van der Waals surface area (Å²) in [7, 11) is 0. The van der Waals surface area contributed by atoms with E-state index >= 15 is 0 Å². The summed E-state index contributed by atoms with van der Waals surface area (Å²) in [6.07, 6.45) is 0.423. The Balaban J connectivity index is 2.09. The summed E-state index contributed by atoms with van der Waals surface area (Å²) in [5.74, 6) is -1.17. The zero-order valence-electron chi connectivity index (χ0n) is 9.44. The number of amides is 1. The van der Waals surface area contributed by atoms with E-state index in [0.29, 0.717) is 18.6 Å². The fourth-order valence-corrected chi connectivity index (χ4v) is 3.25. The third kappa shape index (κ3) is 3.21. The second-order valence-corrected chi connectivity index (χ2v) is 7.05. The van der Waals surface area contributed by atoms with Gasteiger partial charge in [-0.3, -0.25) is 9.59 Å². The Labute approximate surface area is 122 Å². The van der Waals surface area contributed by atoms with Gasteiger partial charge >= 0.3 is 5.97 Å². The summed E-state index contributed by atoms with van der Waals surface area (Å²) >= 11 is 3.62. The number of hydrogen-bond acceptors (Lipinski definition) is 4. The molecule has 0 spiro atoms. The van der Waals surface area contributed by atoms with Crippen LogP contribution in [0.1, 0.15) is 23.2 Å². The molecule has 2 N–H and O–H groups in total. The van der Waals surface area contributed by atoms with Crippen molar-refractivity contribution in [1.82, 2.24) is 5.32 Å². The first-order chi connectivity index (χ1) is 8.51. The molecule has 0 aliphatic carbocycles. The van der Waals surface area contributed by atoms with Gasteiger partial charge < -0.3 is 15.2 Å². The van der Waals surface area contributed by atoms with E-state index in [0.717, 1.165) is 2.88 Å². The molecular formula is C11H12INO4S. The van der Waals surface area contributed by atoms with Crippen molar-refractivity contribution in [2.45, 2.75) is 18.4 Å². The van der Waals surface area contributed by atoms with Crippen molar-refractivity contribution >= 4 is 45.8 Å². The van der Waals surface area contributed by atoms with E-state index in [-0.39, 0.29) is 18.9 Å². The van der Waals surface area contributed by atoms with Gasteiger partial charge in [-0.25, -0.2) is 0 Å². The molecule has 7 heteroatoms. The zero-order chi connectivity index (χ0) is 13.2. The number of carboxylic acids is 1. The molecule has 1 atom stereocenters. The minimum Gasteiger partial charge on any atom is -0.481 e. The highest BCUT2D eigenvalue weighted by molar-refractivity contribution is 14.1. The predicted molar refractivity (Wildman–Crippen MR) is 74.9 cm³/mol. The Morgan fingerprint density at radius 2 is 2.39 bits per heavy atom. The molecule has 1 aliphatic rings. The van der Waals surface area contributed by atoms with Gasteiger partial charge in [0.2, 0.25) is 0 Å². The molecular weight excluding hydrogens is 369 g/mol. The average Bonchev–Trinajstić information content (AvgIpc) is 2.87. The lowest BCUT2D eigenvalue weighted by molar-refractivity contribution is -0.138. The minimum absolute atomic E-state index is 0.111. The number of ether oxygens (including phenoxy) is 1. The molecule has 2 rings (SSSR count). The summed E-state index contributed by atoms with van der Waals surface area (Å²) in [4.78, 5) is 22.9. The Bertz CT molecular complexity index is 467. The summed E-state index contributed by atoms with van der Waals surface area (Å²) in [6, 6.07) is 1.78. The molecule has 0 bridgehead atoms. The van der Waals surface area contributed by atoms with Gasteiger partial charge in [0.1, 0.15) is 0 Å². The smallest absolute Gasteiger partial charge is 0.305 e. The van der Waals surface area contributed by atoms with Crippen molar-refractivity contribution < 1.29 is 19.4 Å². The minimum atomic E-state index is -0.930. The van der Waals surface area contributed by atoms with Crippen LogP contribution in [-0.2, 0) is 9.53 Å². The molecule has 1 saturated heterocycles. The van der Waals surface area contributed by atoms with Crippen LogP contribution < -0.4 is 5.32 Å². The highest BCUT2D eigenvalue weighted by Gasteiger charge is 2.38. The Morgan fingerprint density at radius 1 is 1.61 bits per heavy atom. The number of thiophene rings is 1. The van der Waals surface area contributed by atoms with Crippen molar-refractivity contribution in [1.29, 1.82) is 0 Å². The number of halogens is 1. The lowest BCUT2D eigenvalue weighted by atomic mass is 9.94. The molecule has 0 saturated carbocycles. The third-order valence-corrected chi connectivity index (χ3v) is 4.59. The fourth-order valence-electron chi connectivity index (χ4n) is 1.92. The zero-order valence-corrected chi connectivity index (χ0v) is 12.4. The van der Waals surface area contributed by atoms with Gasteiger partial charge in [0.05, 0.1) is 27.0 Å². The van der Waals surface area contributed by atoms with Gasteiger partial charge in [0.15, 0.2) is 0 Å². The van der Waals surface area contributed by atoms with Gasteiger partial charge in [-0.15, -0.1) is 11.3 Å². The van der Waals surface area contributed by atoms with Crippen LogP contribution in [0.25, 0.3) is 0 Å². The molecule has 1 amide bonds. The Morgan fingerprint density at radius 3 is 2.89 bits per heavy atom. The van der Waals surface area contributed by atoms with Crippen molar-refractivity contribution in [3.05, 3.63) is 19.9 Å². The lowest BCUT2D eigenvalue weighted by Gasteiger charge is -2.26. The van der Waals surface area contributed by atoms with Gasteiger partial charge in [-0.05, 0) is 35.1 Å². The molecule has 1 fully saturated rings. The van der Waals surface area contributed by atoms with Crippen LogP contribution in [0.5, 0.6) is 0 Å². The Hall–Kier alpha value is -0.670. The van der Waals surface area contributed by atoms with Crippen LogP contribution in [-0.4, -0.2) is 35.7 Å². The standard InChI is InChI=1S/C11H12INO4S/c12-8-3-7(5-18-8)10(16)13-11(4-9(14)15)1-2-17-6-11/h3,5H,1-2,4,6H2,(H,13,16)(H,14,15). The first-order valence-corrected chi connectivity index (χ1v) is 7.33. The summed E-state index contributed by atoms with van der Waals surface area (Å²) in [5.41, 5.74) is -0.197. The van der Waals surface area contributed by atoms with E-state index in [9.17, 15) is 9.59 Å². The highest BCUT2D eigenvalue weighted by atomic mass is 127. The summed E-state index contributed by atoms with van der Waals surface area (Å²) in [6.45, 7) is 0.737. The fraction of sp³-hybridized carbons (Fsp3) is 0.455. The van der Waals surface area contributed by atoms with Crippen LogP contribution in [0.2, 0.25) is 0 Å². The van der Waals surface area contributed by atoms with Crippen molar-refractivity contribution in [3.63, 3.8) is 0 Å². The number of rotatable bonds is 4. The highest BCUT2D eigenvalue weighted by Crippen LogP contribution is 2.24. The van der Waals surface area contributed by atoms with Crippen molar-refractivity contribution in [3.8, 4) is 0 Å².